The molecule has 1 aromatic carbocycles. The summed E-state index contributed by atoms with van der Waals surface area (Å²) in [6, 6.07) is 10.1. The number of benzene rings is 1. The van der Waals surface area contributed by atoms with Crippen molar-refractivity contribution in [3.05, 3.63) is 41.6 Å². The summed E-state index contributed by atoms with van der Waals surface area (Å²) in [5.74, 6) is 2.26. The summed E-state index contributed by atoms with van der Waals surface area (Å²) in [6.45, 7) is 5.76. The second kappa shape index (κ2) is 10.6. The molecule has 2 aliphatic carbocycles. The lowest BCUT2D eigenvalue weighted by Gasteiger charge is -2.26. The Morgan fingerprint density at radius 3 is 2.64 bits per heavy atom. The van der Waals surface area contributed by atoms with Crippen LogP contribution in [0.5, 0.6) is 5.88 Å². The Morgan fingerprint density at radius 2 is 1.85 bits per heavy atom. The van der Waals surface area contributed by atoms with E-state index in [-0.39, 0.29) is 11.8 Å². The van der Waals surface area contributed by atoms with Crippen molar-refractivity contribution in [2.45, 2.75) is 38.5 Å². The molecule has 176 valence electrons. The van der Waals surface area contributed by atoms with Crippen LogP contribution in [0.15, 0.2) is 30.3 Å². The highest BCUT2D eigenvalue weighted by atomic mass is 16.5. The number of nitrogens with one attached hydrogen (secondary N) is 1. The zero-order valence-electron chi connectivity index (χ0n) is 19.3. The predicted molar refractivity (Wildman–Crippen MR) is 126 cm³/mol. The monoisotopic (exact) mass is 450 g/mol. The maximum atomic E-state index is 12.9. The Balaban J connectivity index is 1.25. The van der Waals surface area contributed by atoms with Gasteiger partial charge in [-0.2, -0.15) is 4.98 Å². The van der Waals surface area contributed by atoms with Crippen molar-refractivity contribution in [3.63, 3.8) is 0 Å². The summed E-state index contributed by atoms with van der Waals surface area (Å²) in [6.07, 6.45) is 5.66. The van der Waals surface area contributed by atoms with Crippen LogP contribution in [0.2, 0.25) is 0 Å². The first-order valence-electron chi connectivity index (χ1n) is 12.4. The summed E-state index contributed by atoms with van der Waals surface area (Å²) in [5.41, 5.74) is 3.13. The molecule has 1 saturated heterocycles. The first-order chi connectivity index (χ1) is 16.3. The molecule has 3 aliphatic rings. The van der Waals surface area contributed by atoms with E-state index in [2.05, 4.69) is 10.2 Å². The number of amides is 1. The minimum absolute atomic E-state index is 0.000321. The summed E-state index contributed by atoms with van der Waals surface area (Å²) >= 11 is 0. The molecule has 1 aliphatic heterocycles. The highest BCUT2D eigenvalue weighted by Crippen LogP contribution is 2.34. The number of morpholine rings is 1. The van der Waals surface area contributed by atoms with Gasteiger partial charge in [-0.1, -0.05) is 30.3 Å². The number of rotatable bonds is 8. The van der Waals surface area contributed by atoms with Gasteiger partial charge in [-0.25, -0.2) is 4.98 Å². The Morgan fingerprint density at radius 1 is 1.06 bits per heavy atom. The fraction of sp³-hybridized carbons (Fsp3) is 0.577. The Labute approximate surface area is 195 Å². The van der Waals surface area contributed by atoms with E-state index < -0.39 is 0 Å². The van der Waals surface area contributed by atoms with Gasteiger partial charge in [0.05, 0.1) is 25.5 Å². The Kier molecular flexibility index (Phi) is 7.17. The van der Waals surface area contributed by atoms with Gasteiger partial charge < -0.3 is 14.8 Å². The van der Waals surface area contributed by atoms with Crippen LogP contribution in [0.4, 0.5) is 0 Å². The number of hydrogen-bond acceptors (Lipinski definition) is 6. The maximum absolute atomic E-state index is 12.9. The fourth-order valence-electron chi connectivity index (χ4n) is 4.62. The highest BCUT2D eigenvalue weighted by Gasteiger charge is 2.28. The van der Waals surface area contributed by atoms with Gasteiger partial charge in [0.25, 0.3) is 0 Å². The molecular formula is C26H34N4O3. The molecule has 7 heteroatoms. The van der Waals surface area contributed by atoms with Gasteiger partial charge in [-0.3, -0.25) is 9.69 Å². The lowest BCUT2D eigenvalue weighted by molar-refractivity contribution is -0.125. The van der Waals surface area contributed by atoms with Crippen molar-refractivity contribution in [2.24, 2.45) is 11.8 Å². The lowest BCUT2D eigenvalue weighted by Crippen LogP contribution is -2.42. The number of carbonyl (C=O) groups excluding carboxylic acids is 1. The Bertz CT molecular complexity index is 942. The van der Waals surface area contributed by atoms with Crippen LogP contribution >= 0.6 is 0 Å². The van der Waals surface area contributed by atoms with Gasteiger partial charge in [0, 0.05) is 43.2 Å². The van der Waals surface area contributed by atoms with Crippen LogP contribution < -0.4 is 10.1 Å². The Hall–Kier alpha value is -2.51. The average Bonchev–Trinajstić information content (AvgIpc) is 3.70. The SMILES string of the molecule is O=C(NCCN1CCOCC1)C1CCc2nc(-c3ccccc3)nc(OCC3CC3)c2CC1. The molecule has 33 heavy (non-hydrogen) atoms. The molecule has 2 aromatic rings. The van der Waals surface area contributed by atoms with Crippen molar-refractivity contribution in [1.29, 1.82) is 0 Å². The van der Waals surface area contributed by atoms with Gasteiger partial charge in [0.2, 0.25) is 11.8 Å². The van der Waals surface area contributed by atoms with E-state index >= 15 is 0 Å². The molecule has 1 amide bonds. The minimum atomic E-state index is 0.000321. The topological polar surface area (TPSA) is 76.6 Å². The molecule has 0 radical (unpaired) electrons. The molecule has 7 nitrogen and oxygen atoms in total. The fourth-order valence-corrected chi connectivity index (χ4v) is 4.62. The maximum Gasteiger partial charge on any atom is 0.223 e. The van der Waals surface area contributed by atoms with Gasteiger partial charge in [0.15, 0.2) is 5.82 Å². The number of fused-ring (bicyclic) bond motifs is 1. The highest BCUT2D eigenvalue weighted by molar-refractivity contribution is 5.78. The molecule has 0 bridgehead atoms. The van der Waals surface area contributed by atoms with Crippen LogP contribution in [-0.4, -0.2) is 66.8 Å². The molecule has 1 saturated carbocycles. The summed E-state index contributed by atoms with van der Waals surface area (Å²) < 4.78 is 11.6. The number of aryl methyl sites for hydroxylation is 1. The third-order valence-electron chi connectivity index (χ3n) is 6.91. The molecule has 1 aromatic heterocycles. The second-order valence-electron chi connectivity index (χ2n) is 9.42. The van der Waals surface area contributed by atoms with Crippen molar-refractivity contribution in [1.82, 2.24) is 20.2 Å². The molecule has 2 heterocycles. The van der Waals surface area contributed by atoms with E-state index in [1.165, 1.54) is 12.8 Å². The van der Waals surface area contributed by atoms with Gasteiger partial charge >= 0.3 is 0 Å². The normalized spacial score (nSPS) is 21.2. The number of nitrogens with zero attached hydrogens (tertiary/aromatic N) is 3. The molecule has 1 N–H and O–H groups in total. The van der Waals surface area contributed by atoms with Crippen LogP contribution in [0.1, 0.15) is 36.9 Å². The third-order valence-corrected chi connectivity index (χ3v) is 6.91. The van der Waals surface area contributed by atoms with Crippen molar-refractivity contribution < 1.29 is 14.3 Å². The van der Waals surface area contributed by atoms with Crippen LogP contribution in [-0.2, 0) is 22.4 Å². The first-order valence-corrected chi connectivity index (χ1v) is 12.4. The lowest BCUT2D eigenvalue weighted by atomic mass is 9.99. The van der Waals surface area contributed by atoms with E-state index in [0.29, 0.717) is 18.3 Å². The second-order valence-corrected chi connectivity index (χ2v) is 9.42. The number of ether oxygens (including phenoxy) is 2. The van der Waals surface area contributed by atoms with Crippen LogP contribution in [0.25, 0.3) is 11.4 Å². The zero-order chi connectivity index (χ0) is 22.5. The van der Waals surface area contributed by atoms with Gasteiger partial charge in [0.1, 0.15) is 0 Å². The van der Waals surface area contributed by atoms with Crippen LogP contribution in [0.3, 0.4) is 0 Å². The predicted octanol–water partition coefficient (Wildman–Crippen LogP) is 2.88. The minimum Gasteiger partial charge on any atom is -0.477 e. The quantitative estimate of drug-likeness (QED) is 0.624. The standard InChI is InChI=1S/C26H34N4O3/c31-25(27-12-13-30-14-16-32-17-15-30)21-8-10-22-23(11-9-21)28-24(20-4-2-1-3-5-20)29-26(22)33-18-19-6-7-19/h1-5,19,21H,6-18H2,(H,27,31). The van der Waals surface area contributed by atoms with E-state index in [4.69, 9.17) is 19.4 Å². The first kappa shape index (κ1) is 22.3. The largest absolute Gasteiger partial charge is 0.477 e. The third kappa shape index (κ3) is 5.89. The van der Waals surface area contributed by atoms with Crippen molar-refractivity contribution >= 4 is 5.91 Å². The number of hydrogen-bond donors (Lipinski definition) is 1. The summed E-state index contributed by atoms with van der Waals surface area (Å²) in [4.78, 5) is 25.0. The zero-order valence-corrected chi connectivity index (χ0v) is 19.3. The molecular weight excluding hydrogens is 416 g/mol. The van der Waals surface area contributed by atoms with Crippen molar-refractivity contribution in [3.8, 4) is 17.3 Å². The molecule has 5 rings (SSSR count). The van der Waals surface area contributed by atoms with E-state index in [1.54, 1.807) is 0 Å². The smallest absolute Gasteiger partial charge is 0.223 e. The average molecular weight is 451 g/mol. The number of carbonyl (C=O) groups is 1. The molecule has 1 unspecified atom stereocenters. The summed E-state index contributed by atoms with van der Waals surface area (Å²) in [5, 5.41) is 3.17. The van der Waals surface area contributed by atoms with Crippen LogP contribution in [0, 0.1) is 11.8 Å². The van der Waals surface area contributed by atoms with Crippen molar-refractivity contribution in [2.75, 3.05) is 46.0 Å². The van der Waals surface area contributed by atoms with E-state index in [9.17, 15) is 4.79 Å². The molecule has 2 fully saturated rings. The van der Waals surface area contributed by atoms with Gasteiger partial charge in [-0.05, 0) is 44.4 Å². The molecule has 1 atom stereocenters. The number of aromatic nitrogens is 2. The van der Waals surface area contributed by atoms with E-state index in [1.807, 2.05) is 30.3 Å². The van der Waals surface area contributed by atoms with Gasteiger partial charge in [-0.15, -0.1) is 0 Å². The molecule has 0 spiro atoms. The van der Waals surface area contributed by atoms with E-state index in [0.717, 1.165) is 87.8 Å². The summed E-state index contributed by atoms with van der Waals surface area (Å²) in [7, 11) is 0.